The molecule has 1 aliphatic rings. The lowest BCUT2D eigenvalue weighted by Crippen LogP contribution is -2.62. The van der Waals surface area contributed by atoms with Gasteiger partial charge in [-0.1, -0.05) is 11.6 Å². The van der Waals surface area contributed by atoms with Gasteiger partial charge in [-0.2, -0.15) is 0 Å². The van der Waals surface area contributed by atoms with E-state index in [1.165, 1.54) is 17.0 Å². The molecule has 1 saturated heterocycles. The number of carbonyl (C=O) groups is 2. The van der Waals surface area contributed by atoms with Crippen LogP contribution in [-0.4, -0.2) is 35.3 Å². The van der Waals surface area contributed by atoms with Crippen molar-refractivity contribution in [2.45, 2.75) is 19.4 Å². The minimum absolute atomic E-state index is 0.0131. The molecule has 6 heteroatoms. The molecule has 1 heterocycles. The molecular weight excluding hydrogens is 271 g/mol. The summed E-state index contributed by atoms with van der Waals surface area (Å²) in [7, 11) is 0. The topological polar surface area (TPSA) is 49.4 Å². The van der Waals surface area contributed by atoms with E-state index in [1.807, 2.05) is 13.8 Å². The number of rotatable bonds is 1. The Morgan fingerprint density at radius 2 is 2.16 bits per heavy atom. The standard InChI is InChI=1S/C13H14ClFN2O2/c1-13(2)7-16-11(18)6-17(13)12(19)8-3-4-10(15)9(14)5-8/h3-5H,6-7H2,1-2H3,(H,16,18). The summed E-state index contributed by atoms with van der Waals surface area (Å²) in [5.74, 6) is -1.11. The number of hydrogen-bond donors (Lipinski definition) is 1. The average Bonchev–Trinajstić information content (AvgIpc) is 2.35. The Morgan fingerprint density at radius 1 is 1.47 bits per heavy atom. The quantitative estimate of drug-likeness (QED) is 0.855. The summed E-state index contributed by atoms with van der Waals surface area (Å²) in [6.45, 7) is 4.08. The number of piperazine rings is 1. The molecule has 102 valence electrons. The minimum atomic E-state index is -0.575. The van der Waals surface area contributed by atoms with Gasteiger partial charge >= 0.3 is 0 Å². The van der Waals surface area contributed by atoms with Gasteiger partial charge < -0.3 is 10.2 Å². The average molecular weight is 285 g/mol. The van der Waals surface area contributed by atoms with Crippen LogP contribution in [0.4, 0.5) is 4.39 Å². The predicted octanol–water partition coefficient (Wildman–Crippen LogP) is 1.83. The van der Waals surface area contributed by atoms with Gasteiger partial charge in [-0.05, 0) is 32.0 Å². The van der Waals surface area contributed by atoms with Crippen molar-refractivity contribution >= 4 is 23.4 Å². The van der Waals surface area contributed by atoms with E-state index in [0.717, 1.165) is 6.07 Å². The minimum Gasteiger partial charge on any atom is -0.352 e. The number of halogens is 2. The second-order valence-electron chi connectivity index (χ2n) is 5.11. The van der Waals surface area contributed by atoms with Crippen LogP contribution in [0.15, 0.2) is 18.2 Å². The van der Waals surface area contributed by atoms with Crippen molar-refractivity contribution in [1.29, 1.82) is 0 Å². The number of carbonyl (C=O) groups excluding carboxylic acids is 2. The molecule has 4 nitrogen and oxygen atoms in total. The van der Waals surface area contributed by atoms with Crippen molar-refractivity contribution in [2.75, 3.05) is 13.1 Å². The molecule has 19 heavy (non-hydrogen) atoms. The molecular formula is C13H14ClFN2O2. The number of hydrogen-bond acceptors (Lipinski definition) is 2. The van der Waals surface area contributed by atoms with Crippen molar-refractivity contribution in [3.8, 4) is 0 Å². The predicted molar refractivity (Wildman–Crippen MR) is 69.5 cm³/mol. The highest BCUT2D eigenvalue weighted by Gasteiger charge is 2.36. The van der Waals surface area contributed by atoms with Crippen molar-refractivity contribution < 1.29 is 14.0 Å². The maximum Gasteiger partial charge on any atom is 0.254 e. The second-order valence-corrected chi connectivity index (χ2v) is 5.52. The molecule has 0 spiro atoms. The van der Waals surface area contributed by atoms with Gasteiger partial charge in [-0.25, -0.2) is 4.39 Å². The molecule has 0 radical (unpaired) electrons. The molecule has 1 aromatic rings. The van der Waals surface area contributed by atoms with Gasteiger partial charge in [0, 0.05) is 12.1 Å². The molecule has 0 saturated carbocycles. The molecule has 0 aliphatic carbocycles. The number of nitrogens with zero attached hydrogens (tertiary/aromatic N) is 1. The number of amides is 2. The molecule has 1 aliphatic heterocycles. The highest BCUT2D eigenvalue weighted by Crippen LogP contribution is 2.22. The summed E-state index contributed by atoms with van der Waals surface area (Å²) in [5, 5.41) is 2.60. The van der Waals surface area contributed by atoms with Crippen LogP contribution in [0.25, 0.3) is 0 Å². The van der Waals surface area contributed by atoms with E-state index in [2.05, 4.69) is 5.32 Å². The fourth-order valence-corrected chi connectivity index (χ4v) is 2.14. The summed E-state index contributed by atoms with van der Waals surface area (Å²) >= 11 is 5.67. The van der Waals surface area contributed by atoms with E-state index < -0.39 is 11.4 Å². The highest BCUT2D eigenvalue weighted by molar-refractivity contribution is 6.31. The molecule has 1 aromatic carbocycles. The van der Waals surface area contributed by atoms with E-state index in [9.17, 15) is 14.0 Å². The van der Waals surface area contributed by atoms with Gasteiger partial charge in [0.05, 0.1) is 10.6 Å². The summed E-state index contributed by atoms with van der Waals surface area (Å²) < 4.78 is 13.1. The Balaban J connectivity index is 2.31. The molecule has 0 atom stereocenters. The third-order valence-corrected chi connectivity index (χ3v) is 3.45. The Labute approximate surface area is 115 Å². The van der Waals surface area contributed by atoms with Crippen molar-refractivity contribution in [3.63, 3.8) is 0 Å². The monoisotopic (exact) mass is 284 g/mol. The Morgan fingerprint density at radius 3 is 2.79 bits per heavy atom. The van der Waals surface area contributed by atoms with E-state index in [-0.39, 0.29) is 28.9 Å². The molecule has 0 aromatic heterocycles. The first-order chi connectivity index (χ1) is 8.81. The Kier molecular flexibility index (Phi) is 3.49. The molecule has 2 amide bonds. The van der Waals surface area contributed by atoms with Crippen molar-refractivity contribution in [3.05, 3.63) is 34.6 Å². The summed E-state index contributed by atoms with van der Waals surface area (Å²) in [5.41, 5.74) is -0.222. The van der Waals surface area contributed by atoms with Crippen LogP contribution < -0.4 is 5.32 Å². The van der Waals surface area contributed by atoms with E-state index in [4.69, 9.17) is 11.6 Å². The van der Waals surface area contributed by atoms with Crippen LogP contribution >= 0.6 is 11.6 Å². The van der Waals surface area contributed by atoms with Gasteiger partial charge in [0.15, 0.2) is 0 Å². The van der Waals surface area contributed by atoms with Gasteiger partial charge in [-0.15, -0.1) is 0 Å². The van der Waals surface area contributed by atoms with Crippen LogP contribution in [0.5, 0.6) is 0 Å². The zero-order valence-corrected chi connectivity index (χ0v) is 11.4. The first-order valence-corrected chi connectivity index (χ1v) is 6.23. The van der Waals surface area contributed by atoms with Gasteiger partial charge in [0.2, 0.25) is 5.91 Å². The second kappa shape index (κ2) is 4.81. The molecule has 1 fully saturated rings. The van der Waals surface area contributed by atoms with E-state index >= 15 is 0 Å². The maximum absolute atomic E-state index is 13.1. The normalized spacial score (nSPS) is 18.1. The van der Waals surface area contributed by atoms with E-state index in [1.54, 1.807) is 0 Å². The summed E-state index contributed by atoms with van der Waals surface area (Å²) in [6.07, 6.45) is 0. The number of nitrogens with one attached hydrogen (secondary N) is 1. The zero-order chi connectivity index (χ0) is 14.2. The smallest absolute Gasteiger partial charge is 0.254 e. The third-order valence-electron chi connectivity index (χ3n) is 3.16. The molecule has 0 bridgehead atoms. The summed E-state index contributed by atoms with van der Waals surface area (Å²) in [6, 6.07) is 3.79. The first kappa shape index (κ1) is 13.8. The Bertz CT molecular complexity index is 545. The van der Waals surface area contributed by atoms with Crippen LogP contribution in [0.1, 0.15) is 24.2 Å². The zero-order valence-electron chi connectivity index (χ0n) is 10.7. The van der Waals surface area contributed by atoms with Crippen LogP contribution in [0.3, 0.4) is 0 Å². The summed E-state index contributed by atoms with van der Waals surface area (Å²) in [4.78, 5) is 25.3. The van der Waals surface area contributed by atoms with Gasteiger partial charge in [0.25, 0.3) is 5.91 Å². The molecule has 1 N–H and O–H groups in total. The lowest BCUT2D eigenvalue weighted by atomic mass is 9.98. The van der Waals surface area contributed by atoms with Crippen LogP contribution in [0, 0.1) is 5.82 Å². The SMILES string of the molecule is CC1(C)CNC(=O)CN1C(=O)c1ccc(F)c(Cl)c1. The highest BCUT2D eigenvalue weighted by atomic mass is 35.5. The first-order valence-electron chi connectivity index (χ1n) is 5.85. The van der Waals surface area contributed by atoms with Crippen LogP contribution in [0.2, 0.25) is 5.02 Å². The maximum atomic E-state index is 13.1. The molecule has 0 unspecified atom stereocenters. The van der Waals surface area contributed by atoms with E-state index in [0.29, 0.717) is 6.54 Å². The third kappa shape index (κ3) is 2.71. The fourth-order valence-electron chi connectivity index (χ4n) is 1.96. The van der Waals surface area contributed by atoms with Crippen molar-refractivity contribution in [2.24, 2.45) is 0 Å². The largest absolute Gasteiger partial charge is 0.352 e. The Hall–Kier alpha value is -1.62. The lowest BCUT2D eigenvalue weighted by Gasteiger charge is -2.42. The number of benzene rings is 1. The molecule has 2 rings (SSSR count). The van der Waals surface area contributed by atoms with Crippen molar-refractivity contribution in [1.82, 2.24) is 10.2 Å². The van der Waals surface area contributed by atoms with Gasteiger partial charge in [-0.3, -0.25) is 9.59 Å². The van der Waals surface area contributed by atoms with Crippen LogP contribution in [-0.2, 0) is 4.79 Å². The fraction of sp³-hybridized carbons (Fsp3) is 0.385. The lowest BCUT2D eigenvalue weighted by molar-refractivity contribution is -0.126. The van der Waals surface area contributed by atoms with Gasteiger partial charge in [0.1, 0.15) is 12.4 Å².